The first-order valence-corrected chi connectivity index (χ1v) is 3.73. The summed E-state index contributed by atoms with van der Waals surface area (Å²) in [5.41, 5.74) is 1.32. The zero-order valence-corrected chi connectivity index (χ0v) is 5.80. The molecule has 54 valence electrons. The molecule has 0 aromatic carbocycles. The van der Waals surface area contributed by atoms with Crippen LogP contribution in [0.1, 0.15) is 19.3 Å². The average Bonchev–Trinajstić information content (AvgIpc) is 2.37. The van der Waals surface area contributed by atoms with Gasteiger partial charge in [0, 0.05) is 0 Å². The molecule has 2 rings (SSSR count). The van der Waals surface area contributed by atoms with Crippen LogP contribution < -0.4 is 0 Å². The van der Waals surface area contributed by atoms with Crippen molar-refractivity contribution in [3.63, 3.8) is 0 Å². The standard InChI is InChI=1S/C8H10O2/c9-8-7(5-10-8)6-3-1-2-4-6/h3,7H,1-2,4-5H2. The molecule has 1 fully saturated rings. The van der Waals surface area contributed by atoms with Gasteiger partial charge in [-0.15, -0.1) is 0 Å². The predicted molar refractivity (Wildman–Crippen MR) is 36.4 cm³/mol. The summed E-state index contributed by atoms with van der Waals surface area (Å²) in [5.74, 6) is 0.121. The summed E-state index contributed by atoms with van der Waals surface area (Å²) in [6.45, 7) is 0.630. The molecule has 2 nitrogen and oxygen atoms in total. The van der Waals surface area contributed by atoms with Crippen LogP contribution in [0.3, 0.4) is 0 Å². The van der Waals surface area contributed by atoms with Crippen LogP contribution >= 0.6 is 0 Å². The summed E-state index contributed by atoms with van der Waals surface area (Å²) in [6, 6.07) is 0. The third-order valence-electron chi connectivity index (χ3n) is 2.20. The maximum Gasteiger partial charge on any atom is 0.316 e. The lowest BCUT2D eigenvalue weighted by molar-refractivity contribution is -0.165. The quantitative estimate of drug-likeness (QED) is 0.403. The van der Waals surface area contributed by atoms with Crippen molar-refractivity contribution in [2.45, 2.75) is 19.3 Å². The van der Waals surface area contributed by atoms with E-state index in [0.717, 1.165) is 12.8 Å². The highest BCUT2D eigenvalue weighted by Gasteiger charge is 2.34. The molecule has 1 aliphatic heterocycles. The van der Waals surface area contributed by atoms with E-state index in [1.54, 1.807) is 0 Å². The Morgan fingerprint density at radius 3 is 2.90 bits per heavy atom. The molecule has 0 saturated carbocycles. The van der Waals surface area contributed by atoms with Gasteiger partial charge in [-0.3, -0.25) is 4.79 Å². The van der Waals surface area contributed by atoms with Crippen LogP contribution in [0.2, 0.25) is 0 Å². The maximum absolute atomic E-state index is 10.8. The minimum Gasteiger partial charge on any atom is -0.464 e. The highest BCUT2D eigenvalue weighted by atomic mass is 16.6. The molecule has 0 radical (unpaired) electrons. The topological polar surface area (TPSA) is 26.3 Å². The van der Waals surface area contributed by atoms with E-state index in [1.807, 2.05) is 0 Å². The van der Waals surface area contributed by atoms with Crippen molar-refractivity contribution in [3.8, 4) is 0 Å². The van der Waals surface area contributed by atoms with E-state index in [1.165, 1.54) is 12.0 Å². The Morgan fingerprint density at radius 2 is 2.50 bits per heavy atom. The molecule has 1 saturated heterocycles. The second kappa shape index (κ2) is 2.11. The van der Waals surface area contributed by atoms with Gasteiger partial charge in [-0.05, 0) is 19.3 Å². The van der Waals surface area contributed by atoms with E-state index in [0.29, 0.717) is 6.61 Å². The van der Waals surface area contributed by atoms with Crippen molar-refractivity contribution < 1.29 is 9.53 Å². The highest BCUT2D eigenvalue weighted by Crippen LogP contribution is 2.30. The van der Waals surface area contributed by atoms with Gasteiger partial charge in [0.2, 0.25) is 0 Å². The highest BCUT2D eigenvalue weighted by molar-refractivity contribution is 5.80. The smallest absolute Gasteiger partial charge is 0.316 e. The molecular formula is C8H10O2. The zero-order valence-electron chi connectivity index (χ0n) is 5.80. The van der Waals surface area contributed by atoms with Gasteiger partial charge in [0.05, 0.1) is 0 Å². The second-order valence-electron chi connectivity index (χ2n) is 2.85. The van der Waals surface area contributed by atoms with Gasteiger partial charge in [0.25, 0.3) is 0 Å². The minimum absolute atomic E-state index is 0.0202. The van der Waals surface area contributed by atoms with E-state index in [9.17, 15) is 4.79 Å². The van der Waals surface area contributed by atoms with Crippen LogP contribution in [-0.2, 0) is 9.53 Å². The first-order chi connectivity index (χ1) is 4.88. The SMILES string of the molecule is O=C1OCC1C1=CCCC1. The third-order valence-corrected chi connectivity index (χ3v) is 2.20. The van der Waals surface area contributed by atoms with Gasteiger partial charge in [-0.25, -0.2) is 0 Å². The first kappa shape index (κ1) is 5.96. The van der Waals surface area contributed by atoms with E-state index in [4.69, 9.17) is 0 Å². The van der Waals surface area contributed by atoms with Crippen molar-refractivity contribution in [2.24, 2.45) is 5.92 Å². The molecule has 0 bridgehead atoms. The number of carbonyl (C=O) groups is 1. The molecule has 10 heavy (non-hydrogen) atoms. The van der Waals surface area contributed by atoms with Crippen LogP contribution in [0.25, 0.3) is 0 Å². The largest absolute Gasteiger partial charge is 0.464 e. The van der Waals surface area contributed by atoms with Crippen molar-refractivity contribution in [2.75, 3.05) is 6.61 Å². The van der Waals surface area contributed by atoms with E-state index < -0.39 is 0 Å². The number of cyclic esters (lactones) is 1. The Bertz CT molecular complexity index is 193. The van der Waals surface area contributed by atoms with E-state index >= 15 is 0 Å². The molecule has 1 atom stereocenters. The molecule has 0 N–H and O–H groups in total. The van der Waals surface area contributed by atoms with Gasteiger partial charge < -0.3 is 4.74 Å². The van der Waals surface area contributed by atoms with Gasteiger partial charge in [0.15, 0.2) is 0 Å². The van der Waals surface area contributed by atoms with Crippen LogP contribution in [0.4, 0.5) is 0 Å². The summed E-state index contributed by atoms with van der Waals surface area (Å²) < 4.78 is 4.68. The lowest BCUT2D eigenvalue weighted by Crippen LogP contribution is -2.35. The van der Waals surface area contributed by atoms with Crippen molar-refractivity contribution >= 4 is 5.97 Å². The molecule has 1 aliphatic carbocycles. The van der Waals surface area contributed by atoms with Crippen molar-refractivity contribution in [1.29, 1.82) is 0 Å². The second-order valence-corrected chi connectivity index (χ2v) is 2.85. The molecule has 0 spiro atoms. The average molecular weight is 138 g/mol. The van der Waals surface area contributed by atoms with Crippen molar-refractivity contribution in [3.05, 3.63) is 11.6 Å². The Balaban J connectivity index is 2.04. The molecule has 2 heteroatoms. The molecule has 0 aromatic heterocycles. The summed E-state index contributed by atoms with van der Waals surface area (Å²) in [4.78, 5) is 10.8. The van der Waals surface area contributed by atoms with Gasteiger partial charge in [-0.1, -0.05) is 11.6 Å². The number of esters is 1. The number of ether oxygens (including phenoxy) is 1. The van der Waals surface area contributed by atoms with Crippen LogP contribution in [0.5, 0.6) is 0 Å². The third kappa shape index (κ3) is 0.753. The van der Waals surface area contributed by atoms with Crippen LogP contribution in [0.15, 0.2) is 11.6 Å². The lowest BCUT2D eigenvalue weighted by Gasteiger charge is -2.25. The molecule has 0 aromatic rings. The maximum atomic E-state index is 10.8. The van der Waals surface area contributed by atoms with Crippen molar-refractivity contribution in [1.82, 2.24) is 0 Å². The lowest BCUT2D eigenvalue weighted by atomic mass is 9.96. The zero-order chi connectivity index (χ0) is 6.97. The number of hydrogen-bond acceptors (Lipinski definition) is 2. The molecule has 1 heterocycles. The number of allylic oxidation sites excluding steroid dienone is 1. The fraction of sp³-hybridized carbons (Fsp3) is 0.625. The summed E-state index contributed by atoms with van der Waals surface area (Å²) in [6.07, 6.45) is 5.67. The molecule has 1 unspecified atom stereocenters. The Morgan fingerprint density at radius 1 is 1.60 bits per heavy atom. The molecular weight excluding hydrogens is 128 g/mol. The molecule has 0 amide bonds. The van der Waals surface area contributed by atoms with Gasteiger partial charge >= 0.3 is 5.97 Å². The Kier molecular flexibility index (Phi) is 1.26. The predicted octanol–water partition coefficient (Wildman–Crippen LogP) is 1.27. The van der Waals surface area contributed by atoms with E-state index in [-0.39, 0.29) is 11.9 Å². The summed E-state index contributed by atoms with van der Waals surface area (Å²) in [5, 5.41) is 0. The number of hydrogen-bond donors (Lipinski definition) is 0. The Hall–Kier alpha value is -0.790. The Labute approximate surface area is 59.9 Å². The normalized spacial score (nSPS) is 31.0. The number of rotatable bonds is 1. The van der Waals surface area contributed by atoms with E-state index in [2.05, 4.69) is 10.8 Å². The summed E-state index contributed by atoms with van der Waals surface area (Å²) >= 11 is 0. The van der Waals surface area contributed by atoms with Gasteiger partial charge in [-0.2, -0.15) is 0 Å². The fourth-order valence-electron chi connectivity index (χ4n) is 1.51. The number of carbonyl (C=O) groups excluding carboxylic acids is 1. The molecule has 2 aliphatic rings. The minimum atomic E-state index is -0.0202. The fourth-order valence-corrected chi connectivity index (χ4v) is 1.51. The monoisotopic (exact) mass is 138 g/mol. The van der Waals surface area contributed by atoms with Crippen LogP contribution in [-0.4, -0.2) is 12.6 Å². The first-order valence-electron chi connectivity index (χ1n) is 3.73. The van der Waals surface area contributed by atoms with Crippen LogP contribution in [0, 0.1) is 5.92 Å². The summed E-state index contributed by atoms with van der Waals surface area (Å²) in [7, 11) is 0. The van der Waals surface area contributed by atoms with Gasteiger partial charge in [0.1, 0.15) is 12.5 Å².